The Hall–Kier alpha value is -0.790. The van der Waals surface area contributed by atoms with Crippen LogP contribution in [0.1, 0.15) is 18.0 Å². The maximum Gasteiger partial charge on any atom is 0.161 e. The van der Waals surface area contributed by atoms with Gasteiger partial charge in [-0.15, -0.1) is 0 Å². The lowest BCUT2D eigenvalue weighted by molar-refractivity contribution is 0.353. The number of sulfone groups is 1. The fraction of sp³-hybridized carbons (Fsp3) is 0.538. The van der Waals surface area contributed by atoms with Crippen LogP contribution < -0.4 is 15.2 Å². The molecule has 1 aliphatic heterocycles. The molecule has 1 aromatic rings. The zero-order valence-electron chi connectivity index (χ0n) is 11.4. The lowest BCUT2D eigenvalue weighted by atomic mass is 9.93. The van der Waals surface area contributed by atoms with Gasteiger partial charge in [0.05, 0.1) is 25.7 Å². The van der Waals surface area contributed by atoms with Crippen LogP contribution in [0.3, 0.4) is 0 Å². The van der Waals surface area contributed by atoms with E-state index in [9.17, 15) is 8.42 Å². The third-order valence-corrected chi connectivity index (χ3v) is 6.12. The van der Waals surface area contributed by atoms with Crippen LogP contribution in [-0.2, 0) is 9.84 Å². The Bertz CT molecular complexity index is 603. The summed E-state index contributed by atoms with van der Waals surface area (Å²) in [7, 11) is 0.178. The standard InChI is InChI=1S/C13H18BrNO4S/c1-18-11-5-9(10(14)6-12(11)19-2)13(15)8-3-4-20(16,17)7-8/h5-6,8,13H,3-4,7,15H2,1-2H3. The molecule has 0 saturated carbocycles. The molecule has 112 valence electrons. The monoisotopic (exact) mass is 363 g/mol. The van der Waals surface area contributed by atoms with Crippen molar-refractivity contribution < 1.29 is 17.9 Å². The van der Waals surface area contributed by atoms with Gasteiger partial charge in [-0.3, -0.25) is 0 Å². The number of rotatable bonds is 4. The van der Waals surface area contributed by atoms with Crippen LogP contribution in [0.15, 0.2) is 16.6 Å². The van der Waals surface area contributed by atoms with Crippen LogP contribution in [0.25, 0.3) is 0 Å². The van der Waals surface area contributed by atoms with Crippen molar-refractivity contribution in [3.63, 3.8) is 0 Å². The van der Waals surface area contributed by atoms with Gasteiger partial charge < -0.3 is 15.2 Å². The summed E-state index contributed by atoms with van der Waals surface area (Å²) in [4.78, 5) is 0. The van der Waals surface area contributed by atoms with Gasteiger partial charge >= 0.3 is 0 Å². The summed E-state index contributed by atoms with van der Waals surface area (Å²) in [6, 6.07) is 3.25. The van der Waals surface area contributed by atoms with Crippen LogP contribution in [0.5, 0.6) is 11.5 Å². The second-order valence-electron chi connectivity index (χ2n) is 4.92. The van der Waals surface area contributed by atoms with E-state index in [1.165, 1.54) is 0 Å². The molecule has 2 unspecified atom stereocenters. The Morgan fingerprint density at radius 1 is 1.30 bits per heavy atom. The first kappa shape index (κ1) is 15.6. The SMILES string of the molecule is COc1cc(Br)c(C(N)C2CCS(=O)(=O)C2)cc1OC. The molecule has 5 nitrogen and oxygen atoms in total. The first-order chi connectivity index (χ1) is 9.38. The Balaban J connectivity index is 2.33. The molecule has 1 aromatic carbocycles. The summed E-state index contributed by atoms with van der Waals surface area (Å²) in [5.41, 5.74) is 7.08. The van der Waals surface area contributed by atoms with Crippen LogP contribution in [0.4, 0.5) is 0 Å². The number of nitrogens with two attached hydrogens (primary N) is 1. The van der Waals surface area contributed by atoms with Crippen molar-refractivity contribution in [3.05, 3.63) is 22.2 Å². The van der Waals surface area contributed by atoms with Crippen molar-refractivity contribution in [2.75, 3.05) is 25.7 Å². The largest absolute Gasteiger partial charge is 0.493 e. The fourth-order valence-electron chi connectivity index (χ4n) is 2.49. The van der Waals surface area contributed by atoms with Crippen LogP contribution >= 0.6 is 15.9 Å². The summed E-state index contributed by atoms with van der Waals surface area (Å²) in [6.45, 7) is 0. The topological polar surface area (TPSA) is 78.6 Å². The van der Waals surface area contributed by atoms with Crippen molar-refractivity contribution in [1.82, 2.24) is 0 Å². The maximum absolute atomic E-state index is 11.6. The van der Waals surface area contributed by atoms with E-state index in [-0.39, 0.29) is 23.5 Å². The third kappa shape index (κ3) is 3.10. The molecule has 2 N–H and O–H groups in total. The van der Waals surface area contributed by atoms with Gasteiger partial charge in [-0.1, -0.05) is 15.9 Å². The summed E-state index contributed by atoms with van der Waals surface area (Å²) >= 11 is 3.46. The second kappa shape index (κ2) is 5.91. The molecule has 2 rings (SSSR count). The minimum Gasteiger partial charge on any atom is -0.493 e. The van der Waals surface area contributed by atoms with Crippen LogP contribution in [0, 0.1) is 5.92 Å². The van der Waals surface area contributed by atoms with E-state index in [4.69, 9.17) is 15.2 Å². The van der Waals surface area contributed by atoms with Crippen molar-refractivity contribution in [2.45, 2.75) is 12.5 Å². The molecule has 1 aliphatic rings. The fourth-order valence-corrected chi connectivity index (χ4v) is 4.93. The maximum atomic E-state index is 11.6. The van der Waals surface area contributed by atoms with Gasteiger partial charge in [0, 0.05) is 10.5 Å². The number of hydrogen-bond acceptors (Lipinski definition) is 5. The first-order valence-electron chi connectivity index (χ1n) is 6.25. The highest BCUT2D eigenvalue weighted by atomic mass is 79.9. The highest BCUT2D eigenvalue weighted by molar-refractivity contribution is 9.10. The molecule has 0 aliphatic carbocycles. The van der Waals surface area contributed by atoms with Gasteiger partial charge in [0.15, 0.2) is 21.3 Å². The quantitative estimate of drug-likeness (QED) is 0.883. The van der Waals surface area contributed by atoms with Crippen molar-refractivity contribution in [3.8, 4) is 11.5 Å². The van der Waals surface area contributed by atoms with E-state index in [1.54, 1.807) is 26.4 Å². The van der Waals surface area contributed by atoms with E-state index in [0.29, 0.717) is 17.9 Å². The average molecular weight is 364 g/mol. The minimum absolute atomic E-state index is 0.0607. The normalized spacial score (nSPS) is 22.5. The second-order valence-corrected chi connectivity index (χ2v) is 8.00. The highest BCUT2D eigenvalue weighted by Crippen LogP contribution is 2.39. The predicted molar refractivity (Wildman–Crippen MR) is 80.9 cm³/mol. The van der Waals surface area contributed by atoms with Gasteiger partial charge in [-0.25, -0.2) is 8.42 Å². The van der Waals surface area contributed by atoms with E-state index in [0.717, 1.165) is 10.0 Å². The van der Waals surface area contributed by atoms with Gasteiger partial charge in [0.2, 0.25) is 0 Å². The molecule has 0 spiro atoms. The molecular formula is C13H18BrNO4S. The third-order valence-electron chi connectivity index (χ3n) is 3.64. The Kier molecular flexibility index (Phi) is 4.61. The van der Waals surface area contributed by atoms with E-state index < -0.39 is 9.84 Å². The van der Waals surface area contributed by atoms with Crippen LogP contribution in [0.2, 0.25) is 0 Å². The number of methoxy groups -OCH3 is 2. The molecule has 1 heterocycles. The molecule has 0 radical (unpaired) electrons. The number of halogens is 1. The van der Waals surface area contributed by atoms with Gasteiger partial charge in [-0.2, -0.15) is 0 Å². The smallest absolute Gasteiger partial charge is 0.161 e. The molecular weight excluding hydrogens is 346 g/mol. The molecule has 0 aromatic heterocycles. The molecule has 1 fully saturated rings. The van der Waals surface area contributed by atoms with E-state index in [1.807, 2.05) is 0 Å². The van der Waals surface area contributed by atoms with Crippen molar-refractivity contribution in [1.29, 1.82) is 0 Å². The summed E-state index contributed by atoms with van der Waals surface area (Å²) in [5.74, 6) is 1.50. The number of benzene rings is 1. The minimum atomic E-state index is -2.94. The zero-order valence-corrected chi connectivity index (χ0v) is 13.8. The molecule has 2 atom stereocenters. The molecule has 0 bridgehead atoms. The average Bonchev–Trinajstić information content (AvgIpc) is 2.78. The van der Waals surface area contributed by atoms with Crippen molar-refractivity contribution in [2.24, 2.45) is 11.7 Å². The first-order valence-corrected chi connectivity index (χ1v) is 8.87. The summed E-state index contributed by atoms with van der Waals surface area (Å²) < 4.78 is 34.4. The molecule has 0 amide bonds. The highest BCUT2D eigenvalue weighted by Gasteiger charge is 2.33. The van der Waals surface area contributed by atoms with Gasteiger partial charge in [-0.05, 0) is 30.0 Å². The van der Waals surface area contributed by atoms with Crippen LogP contribution in [-0.4, -0.2) is 34.1 Å². The van der Waals surface area contributed by atoms with Gasteiger partial charge in [0.25, 0.3) is 0 Å². The van der Waals surface area contributed by atoms with E-state index in [2.05, 4.69) is 15.9 Å². The Morgan fingerprint density at radius 3 is 2.40 bits per heavy atom. The lowest BCUT2D eigenvalue weighted by Crippen LogP contribution is -2.23. The predicted octanol–water partition coefficient (Wildman–Crippen LogP) is 1.90. The Labute approximate surface area is 127 Å². The zero-order chi connectivity index (χ0) is 14.9. The van der Waals surface area contributed by atoms with Gasteiger partial charge in [0.1, 0.15) is 0 Å². The summed E-state index contributed by atoms with van der Waals surface area (Å²) in [6.07, 6.45) is 0.601. The Morgan fingerprint density at radius 2 is 1.90 bits per heavy atom. The lowest BCUT2D eigenvalue weighted by Gasteiger charge is -2.21. The van der Waals surface area contributed by atoms with E-state index >= 15 is 0 Å². The molecule has 20 heavy (non-hydrogen) atoms. The molecule has 7 heteroatoms. The summed E-state index contributed by atoms with van der Waals surface area (Å²) in [5, 5.41) is 0. The molecule has 1 saturated heterocycles. The van der Waals surface area contributed by atoms with Crippen molar-refractivity contribution >= 4 is 25.8 Å². The number of hydrogen-bond donors (Lipinski definition) is 1. The number of ether oxygens (including phenoxy) is 2.